The maximum Gasteiger partial charge on any atom is 0.142 e. The summed E-state index contributed by atoms with van der Waals surface area (Å²) in [5, 5.41) is 0. The molecule has 0 aliphatic heterocycles. The van der Waals surface area contributed by atoms with Gasteiger partial charge in [-0.2, -0.15) is 0 Å². The van der Waals surface area contributed by atoms with Gasteiger partial charge in [0, 0.05) is 29.7 Å². The van der Waals surface area contributed by atoms with Gasteiger partial charge in [0.1, 0.15) is 12.1 Å². The first-order valence-electron chi connectivity index (χ1n) is 5.05. The third-order valence-electron chi connectivity index (χ3n) is 2.43. The summed E-state index contributed by atoms with van der Waals surface area (Å²) >= 11 is 0. The molecule has 1 atom stereocenters. The van der Waals surface area contributed by atoms with Crippen LogP contribution in [0, 0.1) is 0 Å². The molecule has 2 aromatic rings. The first-order chi connectivity index (χ1) is 8.36. The van der Waals surface area contributed by atoms with Gasteiger partial charge in [-0.3, -0.25) is 10.8 Å². The van der Waals surface area contributed by atoms with Gasteiger partial charge in [0.05, 0.1) is 19.3 Å². The minimum atomic E-state index is -0.228. The smallest absolute Gasteiger partial charge is 0.142 e. The Morgan fingerprint density at radius 2 is 2.00 bits per heavy atom. The van der Waals surface area contributed by atoms with Crippen LogP contribution in [0.1, 0.15) is 17.2 Å². The van der Waals surface area contributed by atoms with Crippen LogP contribution in [0.5, 0.6) is 5.75 Å². The number of ether oxygens (including phenoxy) is 1. The molecule has 0 saturated carbocycles. The highest BCUT2D eigenvalue weighted by atomic mass is 16.5. The average molecular weight is 231 g/mol. The number of nitrogens with one attached hydrogen (secondary N) is 1. The molecule has 0 saturated heterocycles. The van der Waals surface area contributed by atoms with E-state index in [0.29, 0.717) is 5.75 Å². The number of hydrogen-bond acceptors (Lipinski definition) is 6. The summed E-state index contributed by atoms with van der Waals surface area (Å²) in [6.45, 7) is 0. The van der Waals surface area contributed by atoms with Crippen LogP contribution >= 0.6 is 0 Å². The molecule has 0 radical (unpaired) electrons. The van der Waals surface area contributed by atoms with Gasteiger partial charge in [-0.25, -0.2) is 15.4 Å². The molecule has 0 fully saturated rings. The van der Waals surface area contributed by atoms with Crippen molar-refractivity contribution in [3.63, 3.8) is 0 Å². The molecule has 2 aromatic heterocycles. The molecule has 17 heavy (non-hydrogen) atoms. The monoisotopic (exact) mass is 231 g/mol. The lowest BCUT2D eigenvalue weighted by Gasteiger charge is -2.18. The van der Waals surface area contributed by atoms with Crippen molar-refractivity contribution in [3.05, 3.63) is 48.3 Å². The van der Waals surface area contributed by atoms with E-state index in [1.807, 2.05) is 6.07 Å². The van der Waals surface area contributed by atoms with Crippen LogP contribution in [0.4, 0.5) is 0 Å². The van der Waals surface area contributed by atoms with Crippen molar-refractivity contribution in [1.29, 1.82) is 0 Å². The van der Waals surface area contributed by atoms with Crippen LogP contribution in [0.2, 0.25) is 0 Å². The van der Waals surface area contributed by atoms with E-state index in [0.717, 1.165) is 11.1 Å². The van der Waals surface area contributed by atoms with Gasteiger partial charge in [-0.05, 0) is 6.07 Å². The van der Waals surface area contributed by atoms with Crippen LogP contribution in [0.15, 0.2) is 37.2 Å². The molecule has 3 N–H and O–H groups in total. The van der Waals surface area contributed by atoms with Crippen molar-refractivity contribution in [2.75, 3.05) is 7.11 Å². The molecule has 0 bridgehead atoms. The maximum absolute atomic E-state index is 5.58. The van der Waals surface area contributed by atoms with Crippen LogP contribution in [0.3, 0.4) is 0 Å². The number of nitrogens with two attached hydrogens (primary N) is 1. The van der Waals surface area contributed by atoms with Crippen LogP contribution in [0.25, 0.3) is 0 Å². The SMILES string of the molecule is COc1cnccc1C(NN)c1cncnc1. The molecule has 0 aliphatic carbocycles. The second kappa shape index (κ2) is 5.33. The zero-order chi connectivity index (χ0) is 12.1. The van der Waals surface area contributed by atoms with Crippen molar-refractivity contribution in [2.24, 2.45) is 5.84 Å². The van der Waals surface area contributed by atoms with E-state index < -0.39 is 0 Å². The highest BCUT2D eigenvalue weighted by molar-refractivity contribution is 5.38. The number of pyridine rings is 1. The Balaban J connectivity index is 2.42. The Morgan fingerprint density at radius 1 is 1.24 bits per heavy atom. The normalized spacial score (nSPS) is 12.1. The predicted octanol–water partition coefficient (Wildman–Crippen LogP) is 0.433. The number of rotatable bonds is 4. The van der Waals surface area contributed by atoms with Gasteiger partial charge < -0.3 is 4.74 Å². The fraction of sp³-hybridized carbons (Fsp3) is 0.182. The Hall–Kier alpha value is -2.05. The quantitative estimate of drug-likeness (QED) is 0.586. The van der Waals surface area contributed by atoms with Crippen LogP contribution in [-0.2, 0) is 0 Å². The molecule has 6 nitrogen and oxygen atoms in total. The molecule has 88 valence electrons. The van der Waals surface area contributed by atoms with Gasteiger partial charge in [-0.15, -0.1) is 0 Å². The van der Waals surface area contributed by atoms with E-state index >= 15 is 0 Å². The maximum atomic E-state index is 5.58. The van der Waals surface area contributed by atoms with Gasteiger partial charge in [0.15, 0.2) is 0 Å². The Kier molecular flexibility index (Phi) is 3.59. The van der Waals surface area contributed by atoms with Crippen molar-refractivity contribution in [2.45, 2.75) is 6.04 Å². The van der Waals surface area contributed by atoms with Crippen molar-refractivity contribution in [1.82, 2.24) is 20.4 Å². The van der Waals surface area contributed by atoms with Crippen LogP contribution < -0.4 is 16.0 Å². The standard InChI is InChI=1S/C11H13N5O/c1-17-10-6-13-3-2-9(10)11(16-12)8-4-14-7-15-5-8/h2-7,11,16H,12H2,1H3. The van der Waals surface area contributed by atoms with Gasteiger partial charge in [0.25, 0.3) is 0 Å². The largest absolute Gasteiger partial charge is 0.495 e. The Labute approximate surface area is 98.9 Å². The molecule has 2 heterocycles. The first-order valence-corrected chi connectivity index (χ1v) is 5.05. The van der Waals surface area contributed by atoms with Gasteiger partial charge in [-0.1, -0.05) is 0 Å². The molecule has 1 unspecified atom stereocenters. The molecular formula is C11H13N5O. The minimum Gasteiger partial charge on any atom is -0.495 e. The zero-order valence-corrected chi connectivity index (χ0v) is 9.37. The first kappa shape index (κ1) is 11.4. The van der Waals surface area contributed by atoms with Crippen molar-refractivity contribution in [3.8, 4) is 5.75 Å². The number of hydrazine groups is 1. The number of hydrogen-bond donors (Lipinski definition) is 2. The highest BCUT2D eigenvalue weighted by Crippen LogP contribution is 2.27. The molecule has 0 amide bonds. The summed E-state index contributed by atoms with van der Waals surface area (Å²) in [5.74, 6) is 6.24. The van der Waals surface area contributed by atoms with E-state index in [4.69, 9.17) is 10.6 Å². The van der Waals surface area contributed by atoms with E-state index in [2.05, 4.69) is 20.4 Å². The van der Waals surface area contributed by atoms with Crippen molar-refractivity contribution < 1.29 is 4.74 Å². The molecule has 0 aliphatic rings. The molecular weight excluding hydrogens is 218 g/mol. The van der Waals surface area contributed by atoms with Crippen molar-refractivity contribution >= 4 is 0 Å². The second-order valence-electron chi connectivity index (χ2n) is 3.39. The Morgan fingerprint density at radius 3 is 2.65 bits per heavy atom. The topological polar surface area (TPSA) is 86.0 Å². The molecule has 0 aromatic carbocycles. The number of nitrogens with zero attached hydrogens (tertiary/aromatic N) is 3. The predicted molar refractivity (Wildman–Crippen MR) is 62.0 cm³/mol. The van der Waals surface area contributed by atoms with Gasteiger partial charge >= 0.3 is 0 Å². The summed E-state index contributed by atoms with van der Waals surface area (Å²) in [7, 11) is 1.59. The minimum absolute atomic E-state index is 0.228. The fourth-order valence-corrected chi connectivity index (χ4v) is 1.63. The molecule has 2 rings (SSSR count). The van der Waals surface area contributed by atoms with Crippen LogP contribution in [-0.4, -0.2) is 22.1 Å². The van der Waals surface area contributed by atoms with E-state index in [1.54, 1.807) is 31.9 Å². The summed E-state index contributed by atoms with van der Waals surface area (Å²) in [4.78, 5) is 11.9. The lowest BCUT2D eigenvalue weighted by Crippen LogP contribution is -2.29. The average Bonchev–Trinajstić information content (AvgIpc) is 2.41. The molecule has 6 heteroatoms. The number of methoxy groups -OCH3 is 1. The summed E-state index contributed by atoms with van der Waals surface area (Å²) < 4.78 is 5.25. The highest BCUT2D eigenvalue weighted by Gasteiger charge is 2.17. The van der Waals surface area contributed by atoms with E-state index in [1.165, 1.54) is 6.33 Å². The lowest BCUT2D eigenvalue weighted by molar-refractivity contribution is 0.402. The van der Waals surface area contributed by atoms with Gasteiger partial charge in [0.2, 0.25) is 0 Å². The molecule has 0 spiro atoms. The number of aromatic nitrogens is 3. The third-order valence-corrected chi connectivity index (χ3v) is 2.43. The second-order valence-corrected chi connectivity index (χ2v) is 3.39. The fourth-order valence-electron chi connectivity index (χ4n) is 1.63. The third kappa shape index (κ3) is 2.38. The zero-order valence-electron chi connectivity index (χ0n) is 9.37. The van der Waals surface area contributed by atoms with E-state index in [-0.39, 0.29) is 6.04 Å². The van der Waals surface area contributed by atoms with E-state index in [9.17, 15) is 0 Å². The summed E-state index contributed by atoms with van der Waals surface area (Å²) in [6, 6.07) is 1.62. The Bertz CT molecular complexity index is 476. The lowest BCUT2D eigenvalue weighted by atomic mass is 10.0. The summed E-state index contributed by atoms with van der Waals surface area (Å²) in [5.41, 5.74) is 4.47. The summed E-state index contributed by atoms with van der Waals surface area (Å²) in [6.07, 6.45) is 8.21.